The van der Waals surface area contributed by atoms with E-state index in [9.17, 15) is 0 Å². The molecule has 0 aliphatic rings. The fraction of sp³-hybridized carbons (Fsp3) is 0.438. The van der Waals surface area contributed by atoms with E-state index in [1.54, 1.807) is 0 Å². The molecule has 0 saturated carbocycles. The first kappa shape index (κ1) is 14.1. The zero-order valence-electron chi connectivity index (χ0n) is 12.1. The van der Waals surface area contributed by atoms with Crippen LogP contribution in [0.25, 0.3) is 0 Å². The smallest absolute Gasteiger partial charge is 0.0662 e. The Balaban J connectivity index is 2.25. The first-order valence-electron chi connectivity index (χ1n) is 6.78. The van der Waals surface area contributed by atoms with Gasteiger partial charge >= 0.3 is 0 Å². The van der Waals surface area contributed by atoms with Crippen molar-refractivity contribution in [3.63, 3.8) is 0 Å². The van der Waals surface area contributed by atoms with Crippen LogP contribution in [-0.2, 0) is 13.0 Å². The SMILES string of the molecule is CCc1ccc(Cn2nc(C)c(C(C)Cl)c2C)cc1. The summed E-state index contributed by atoms with van der Waals surface area (Å²) in [5, 5.41) is 4.61. The zero-order valence-corrected chi connectivity index (χ0v) is 12.8. The predicted molar refractivity (Wildman–Crippen MR) is 80.9 cm³/mol. The lowest BCUT2D eigenvalue weighted by atomic mass is 10.1. The molecule has 0 aliphatic carbocycles. The van der Waals surface area contributed by atoms with E-state index in [2.05, 4.69) is 43.2 Å². The third-order valence-corrected chi connectivity index (χ3v) is 3.82. The van der Waals surface area contributed by atoms with E-state index < -0.39 is 0 Å². The maximum Gasteiger partial charge on any atom is 0.0662 e. The molecule has 0 radical (unpaired) electrons. The van der Waals surface area contributed by atoms with Gasteiger partial charge in [0.2, 0.25) is 0 Å². The van der Waals surface area contributed by atoms with E-state index in [1.807, 2.05) is 18.5 Å². The second kappa shape index (κ2) is 5.79. The van der Waals surface area contributed by atoms with Crippen molar-refractivity contribution in [3.8, 4) is 0 Å². The van der Waals surface area contributed by atoms with Gasteiger partial charge < -0.3 is 0 Å². The van der Waals surface area contributed by atoms with Gasteiger partial charge in [-0.1, -0.05) is 31.2 Å². The summed E-state index contributed by atoms with van der Waals surface area (Å²) in [6.07, 6.45) is 1.08. The van der Waals surface area contributed by atoms with E-state index in [0.717, 1.165) is 24.2 Å². The quantitative estimate of drug-likeness (QED) is 0.757. The van der Waals surface area contributed by atoms with Crippen molar-refractivity contribution in [1.29, 1.82) is 0 Å². The topological polar surface area (TPSA) is 17.8 Å². The van der Waals surface area contributed by atoms with Crippen LogP contribution < -0.4 is 0 Å². The molecule has 0 spiro atoms. The lowest BCUT2D eigenvalue weighted by Gasteiger charge is -2.07. The highest BCUT2D eigenvalue weighted by atomic mass is 35.5. The van der Waals surface area contributed by atoms with Crippen molar-refractivity contribution in [2.45, 2.75) is 46.0 Å². The lowest BCUT2D eigenvalue weighted by Crippen LogP contribution is -2.04. The molecule has 1 unspecified atom stereocenters. The largest absolute Gasteiger partial charge is 0.265 e. The van der Waals surface area contributed by atoms with Gasteiger partial charge in [0.15, 0.2) is 0 Å². The van der Waals surface area contributed by atoms with Gasteiger partial charge in [0.05, 0.1) is 17.6 Å². The molecule has 0 bridgehead atoms. The molecule has 0 N–H and O–H groups in total. The fourth-order valence-corrected chi connectivity index (χ4v) is 2.81. The van der Waals surface area contributed by atoms with Crippen LogP contribution in [0.4, 0.5) is 0 Å². The third-order valence-electron chi connectivity index (χ3n) is 3.60. The Labute approximate surface area is 120 Å². The van der Waals surface area contributed by atoms with Crippen LogP contribution in [0.2, 0.25) is 0 Å². The highest BCUT2D eigenvalue weighted by molar-refractivity contribution is 6.20. The standard InChI is InChI=1S/C16H21ClN2/c1-5-14-6-8-15(9-7-14)10-19-13(4)16(11(2)17)12(3)18-19/h6-9,11H,5,10H2,1-4H3. The summed E-state index contributed by atoms with van der Waals surface area (Å²) < 4.78 is 2.05. The van der Waals surface area contributed by atoms with Gasteiger partial charge in [0.25, 0.3) is 0 Å². The van der Waals surface area contributed by atoms with Crippen LogP contribution in [-0.4, -0.2) is 9.78 Å². The summed E-state index contributed by atoms with van der Waals surface area (Å²) in [5.41, 5.74) is 6.00. The Morgan fingerprint density at radius 1 is 1.16 bits per heavy atom. The van der Waals surface area contributed by atoms with Crippen LogP contribution in [0.5, 0.6) is 0 Å². The van der Waals surface area contributed by atoms with E-state index in [-0.39, 0.29) is 5.38 Å². The maximum absolute atomic E-state index is 6.22. The molecular weight excluding hydrogens is 256 g/mol. The second-order valence-electron chi connectivity index (χ2n) is 5.03. The van der Waals surface area contributed by atoms with Crippen LogP contribution >= 0.6 is 11.6 Å². The summed E-state index contributed by atoms with van der Waals surface area (Å²) in [7, 11) is 0. The van der Waals surface area contributed by atoms with E-state index >= 15 is 0 Å². The third kappa shape index (κ3) is 3.01. The molecule has 1 aromatic heterocycles. The molecule has 1 atom stereocenters. The predicted octanol–water partition coefficient (Wildman–Crippen LogP) is 4.41. The molecule has 0 saturated heterocycles. The summed E-state index contributed by atoms with van der Waals surface area (Å²) in [5.74, 6) is 0. The van der Waals surface area contributed by atoms with Crippen LogP contribution in [0.1, 0.15) is 47.3 Å². The molecule has 19 heavy (non-hydrogen) atoms. The monoisotopic (exact) mass is 276 g/mol. The van der Waals surface area contributed by atoms with Gasteiger partial charge in [0.1, 0.15) is 0 Å². The van der Waals surface area contributed by atoms with E-state index in [4.69, 9.17) is 11.6 Å². The fourth-order valence-electron chi connectivity index (χ4n) is 2.49. The summed E-state index contributed by atoms with van der Waals surface area (Å²) in [6, 6.07) is 8.73. The number of nitrogens with zero attached hydrogens (tertiary/aromatic N) is 2. The molecule has 1 heterocycles. The number of aryl methyl sites for hydroxylation is 2. The first-order valence-corrected chi connectivity index (χ1v) is 7.22. The molecule has 3 heteroatoms. The number of hydrogen-bond donors (Lipinski definition) is 0. The lowest BCUT2D eigenvalue weighted by molar-refractivity contribution is 0.658. The minimum atomic E-state index is 0.0104. The molecule has 1 aromatic carbocycles. The number of hydrogen-bond acceptors (Lipinski definition) is 1. The van der Waals surface area contributed by atoms with Crippen molar-refractivity contribution >= 4 is 11.6 Å². The van der Waals surface area contributed by atoms with Crippen molar-refractivity contribution in [2.75, 3.05) is 0 Å². The average Bonchev–Trinajstić information content (AvgIpc) is 2.65. The van der Waals surface area contributed by atoms with E-state index in [0.29, 0.717) is 0 Å². The summed E-state index contributed by atoms with van der Waals surface area (Å²) >= 11 is 6.22. The maximum atomic E-state index is 6.22. The number of halogens is 1. The van der Waals surface area contributed by atoms with Crippen molar-refractivity contribution in [3.05, 3.63) is 52.3 Å². The van der Waals surface area contributed by atoms with Crippen LogP contribution in [0.15, 0.2) is 24.3 Å². The first-order chi connectivity index (χ1) is 9.02. The zero-order chi connectivity index (χ0) is 14.0. The Bertz CT molecular complexity index is 553. The van der Waals surface area contributed by atoms with Crippen LogP contribution in [0.3, 0.4) is 0 Å². The Kier molecular flexibility index (Phi) is 4.31. The average molecular weight is 277 g/mol. The molecule has 2 rings (SSSR count). The second-order valence-corrected chi connectivity index (χ2v) is 5.68. The Hall–Kier alpha value is -1.28. The Morgan fingerprint density at radius 2 is 1.74 bits per heavy atom. The van der Waals surface area contributed by atoms with Gasteiger partial charge in [-0.2, -0.15) is 5.10 Å². The highest BCUT2D eigenvalue weighted by Crippen LogP contribution is 2.26. The minimum absolute atomic E-state index is 0.0104. The summed E-state index contributed by atoms with van der Waals surface area (Å²) in [4.78, 5) is 0. The van der Waals surface area contributed by atoms with Crippen molar-refractivity contribution < 1.29 is 0 Å². The minimum Gasteiger partial charge on any atom is -0.265 e. The normalized spacial score (nSPS) is 12.7. The number of alkyl halides is 1. The molecular formula is C16H21ClN2. The van der Waals surface area contributed by atoms with Crippen LogP contribution in [0, 0.1) is 13.8 Å². The number of aromatic nitrogens is 2. The number of rotatable bonds is 4. The van der Waals surface area contributed by atoms with Gasteiger partial charge in [-0.15, -0.1) is 11.6 Å². The van der Waals surface area contributed by atoms with E-state index in [1.165, 1.54) is 16.8 Å². The van der Waals surface area contributed by atoms with Gasteiger partial charge in [0, 0.05) is 11.3 Å². The molecule has 0 aliphatic heterocycles. The molecule has 0 fully saturated rings. The summed E-state index contributed by atoms with van der Waals surface area (Å²) in [6.45, 7) is 9.09. The molecule has 2 aromatic rings. The van der Waals surface area contributed by atoms with Crippen molar-refractivity contribution in [2.24, 2.45) is 0 Å². The highest BCUT2D eigenvalue weighted by Gasteiger charge is 2.15. The van der Waals surface area contributed by atoms with Gasteiger partial charge in [-0.25, -0.2) is 0 Å². The molecule has 0 amide bonds. The van der Waals surface area contributed by atoms with Crippen molar-refractivity contribution in [1.82, 2.24) is 9.78 Å². The number of benzene rings is 1. The van der Waals surface area contributed by atoms with Gasteiger partial charge in [-0.3, -0.25) is 4.68 Å². The van der Waals surface area contributed by atoms with Gasteiger partial charge in [-0.05, 0) is 38.3 Å². The molecule has 2 nitrogen and oxygen atoms in total. The Morgan fingerprint density at radius 3 is 2.21 bits per heavy atom. The molecule has 102 valence electrons.